The number of hydrogen-bond acceptors (Lipinski definition) is 2. The molecule has 1 aliphatic rings. The Hall–Kier alpha value is -1.84. The Bertz CT molecular complexity index is 443. The van der Waals surface area contributed by atoms with Gasteiger partial charge in [-0.1, -0.05) is 18.2 Å². The summed E-state index contributed by atoms with van der Waals surface area (Å²) in [7, 11) is 0. The number of aliphatic carboxylic acids is 1. The van der Waals surface area contributed by atoms with Gasteiger partial charge in [-0.2, -0.15) is 0 Å². The van der Waals surface area contributed by atoms with Gasteiger partial charge in [0.25, 0.3) is 5.91 Å². The van der Waals surface area contributed by atoms with Crippen LogP contribution in [0.15, 0.2) is 30.3 Å². The van der Waals surface area contributed by atoms with Gasteiger partial charge in [0.15, 0.2) is 5.54 Å². The molecule has 2 rings (SSSR count). The third kappa shape index (κ3) is 1.30. The highest BCUT2D eigenvalue weighted by Gasteiger charge is 2.64. The van der Waals surface area contributed by atoms with Gasteiger partial charge in [-0.3, -0.25) is 4.79 Å². The minimum absolute atomic E-state index is 0.224. The van der Waals surface area contributed by atoms with Crippen LogP contribution in [0.5, 0.6) is 0 Å². The molecule has 1 aromatic rings. The molecular weight excluding hydrogens is 206 g/mol. The van der Waals surface area contributed by atoms with Crippen LogP contribution in [0, 0.1) is 0 Å². The van der Waals surface area contributed by atoms with E-state index in [1.54, 1.807) is 38.1 Å². The molecule has 0 bridgehead atoms. The maximum Gasteiger partial charge on any atom is 0.331 e. The van der Waals surface area contributed by atoms with E-state index in [0.29, 0.717) is 5.56 Å². The first kappa shape index (κ1) is 10.7. The molecule has 1 aromatic carbocycles. The topological polar surface area (TPSA) is 57.4 Å². The molecule has 1 amide bonds. The summed E-state index contributed by atoms with van der Waals surface area (Å²) < 4.78 is 0. The minimum Gasteiger partial charge on any atom is -0.479 e. The molecule has 1 saturated heterocycles. The molecule has 1 heterocycles. The van der Waals surface area contributed by atoms with Gasteiger partial charge in [0, 0.05) is 5.56 Å². The number of carbonyl (C=O) groups excluding carboxylic acids is 1. The van der Waals surface area contributed by atoms with Crippen LogP contribution in [-0.2, 0) is 4.79 Å². The third-order valence-corrected chi connectivity index (χ3v) is 3.31. The highest BCUT2D eigenvalue weighted by atomic mass is 16.4. The number of rotatable bonds is 2. The summed E-state index contributed by atoms with van der Waals surface area (Å²) in [6.45, 7) is 3.32. The lowest BCUT2D eigenvalue weighted by Gasteiger charge is -2.07. The summed E-state index contributed by atoms with van der Waals surface area (Å²) in [5, 5.41) is 9.06. The summed E-state index contributed by atoms with van der Waals surface area (Å²) in [5.74, 6) is -1.18. The normalized spacial score (nSPS) is 27.6. The van der Waals surface area contributed by atoms with Gasteiger partial charge >= 0.3 is 5.97 Å². The van der Waals surface area contributed by atoms with E-state index in [9.17, 15) is 9.59 Å². The maximum atomic E-state index is 12.0. The van der Waals surface area contributed by atoms with Crippen molar-refractivity contribution in [2.24, 2.45) is 0 Å². The smallest absolute Gasteiger partial charge is 0.331 e. The first-order chi connectivity index (χ1) is 7.49. The maximum absolute atomic E-state index is 12.0. The molecule has 4 heteroatoms. The van der Waals surface area contributed by atoms with Crippen molar-refractivity contribution in [3.8, 4) is 0 Å². The lowest BCUT2D eigenvalue weighted by Crippen LogP contribution is -2.29. The van der Waals surface area contributed by atoms with Gasteiger partial charge < -0.3 is 10.0 Å². The third-order valence-electron chi connectivity index (χ3n) is 3.31. The van der Waals surface area contributed by atoms with Crippen LogP contribution < -0.4 is 0 Å². The van der Waals surface area contributed by atoms with Crippen LogP contribution in [-0.4, -0.2) is 33.5 Å². The highest BCUT2D eigenvalue weighted by Crippen LogP contribution is 2.41. The monoisotopic (exact) mass is 219 g/mol. The van der Waals surface area contributed by atoms with E-state index < -0.39 is 11.5 Å². The second kappa shape index (κ2) is 3.33. The van der Waals surface area contributed by atoms with E-state index in [0.717, 1.165) is 0 Å². The molecule has 0 radical (unpaired) electrons. The van der Waals surface area contributed by atoms with Crippen molar-refractivity contribution >= 4 is 11.9 Å². The molecule has 0 unspecified atom stereocenters. The van der Waals surface area contributed by atoms with E-state index in [4.69, 9.17) is 5.11 Å². The fraction of sp³-hybridized carbons (Fsp3) is 0.333. The van der Waals surface area contributed by atoms with Gasteiger partial charge in [-0.25, -0.2) is 4.79 Å². The zero-order chi connectivity index (χ0) is 11.9. The van der Waals surface area contributed by atoms with E-state index in [1.807, 2.05) is 6.07 Å². The van der Waals surface area contributed by atoms with Crippen LogP contribution in [0.4, 0.5) is 0 Å². The van der Waals surface area contributed by atoms with E-state index in [1.165, 1.54) is 4.90 Å². The van der Waals surface area contributed by atoms with Crippen LogP contribution in [0.2, 0.25) is 0 Å². The molecule has 0 aliphatic carbocycles. The van der Waals surface area contributed by atoms with Crippen LogP contribution >= 0.6 is 0 Å². The fourth-order valence-corrected chi connectivity index (χ4v) is 1.94. The Kier molecular flexibility index (Phi) is 2.22. The first-order valence-electron chi connectivity index (χ1n) is 5.11. The van der Waals surface area contributed by atoms with Gasteiger partial charge in [-0.05, 0) is 26.0 Å². The number of carboxylic acids is 1. The average Bonchev–Trinajstić information content (AvgIpc) is 2.84. The number of carbonyl (C=O) groups is 2. The number of nitrogens with zero attached hydrogens (tertiary/aromatic N) is 1. The van der Waals surface area contributed by atoms with Crippen LogP contribution in [0.25, 0.3) is 0 Å². The molecule has 16 heavy (non-hydrogen) atoms. The Labute approximate surface area is 93.5 Å². The number of carboxylic acid groups (broad SMARTS) is 1. The second-order valence-corrected chi connectivity index (χ2v) is 4.17. The van der Waals surface area contributed by atoms with Gasteiger partial charge in [-0.15, -0.1) is 0 Å². The number of benzene rings is 1. The SMILES string of the molecule is C[C@H]1N(C(=O)c2ccccc2)[C@@]1(C)C(=O)O. The van der Waals surface area contributed by atoms with Crippen molar-refractivity contribution in [2.75, 3.05) is 0 Å². The lowest BCUT2D eigenvalue weighted by atomic mass is 10.1. The molecular formula is C12H13NO3. The van der Waals surface area contributed by atoms with Gasteiger partial charge in [0.05, 0.1) is 6.04 Å². The Morgan fingerprint density at radius 3 is 2.31 bits per heavy atom. The quantitative estimate of drug-likeness (QED) is 0.764. The van der Waals surface area contributed by atoms with E-state index >= 15 is 0 Å². The second-order valence-electron chi connectivity index (χ2n) is 4.17. The van der Waals surface area contributed by atoms with E-state index in [-0.39, 0.29) is 11.9 Å². The average molecular weight is 219 g/mol. The molecule has 84 valence electrons. The molecule has 0 aromatic heterocycles. The van der Waals surface area contributed by atoms with Gasteiger partial charge in [0.2, 0.25) is 0 Å². The van der Waals surface area contributed by atoms with Crippen molar-refractivity contribution in [1.82, 2.24) is 4.90 Å². The molecule has 2 atom stereocenters. The Morgan fingerprint density at radius 2 is 1.88 bits per heavy atom. The molecule has 1 N–H and O–H groups in total. The van der Waals surface area contributed by atoms with Crippen LogP contribution in [0.3, 0.4) is 0 Å². The zero-order valence-electron chi connectivity index (χ0n) is 9.18. The van der Waals surface area contributed by atoms with Crippen molar-refractivity contribution in [3.05, 3.63) is 35.9 Å². The summed E-state index contributed by atoms with van der Waals surface area (Å²) in [6, 6.07) is 8.47. The van der Waals surface area contributed by atoms with E-state index in [2.05, 4.69) is 0 Å². The molecule has 1 fully saturated rings. The predicted octanol–water partition coefficient (Wildman–Crippen LogP) is 1.37. The predicted molar refractivity (Wildman–Crippen MR) is 58.1 cm³/mol. The molecule has 4 nitrogen and oxygen atoms in total. The fourth-order valence-electron chi connectivity index (χ4n) is 1.94. The largest absolute Gasteiger partial charge is 0.479 e. The Balaban J connectivity index is 2.24. The molecule has 1 aliphatic heterocycles. The standard InChI is InChI=1S/C12H13NO3/c1-8-12(2,11(15)16)13(8)10(14)9-6-4-3-5-7-9/h3-8H,1-2H3,(H,15,16)/t8-,12-,13?/m1/s1. The minimum atomic E-state index is -1.05. The Morgan fingerprint density at radius 1 is 1.31 bits per heavy atom. The van der Waals surface area contributed by atoms with Gasteiger partial charge in [0.1, 0.15) is 0 Å². The van der Waals surface area contributed by atoms with Crippen LogP contribution in [0.1, 0.15) is 24.2 Å². The summed E-state index contributed by atoms with van der Waals surface area (Å²) >= 11 is 0. The molecule has 0 spiro atoms. The highest BCUT2D eigenvalue weighted by molar-refractivity contribution is 6.02. The summed E-state index contributed by atoms with van der Waals surface area (Å²) in [6.07, 6.45) is 0. The van der Waals surface area contributed by atoms with Crippen molar-refractivity contribution in [1.29, 1.82) is 0 Å². The van der Waals surface area contributed by atoms with Crippen molar-refractivity contribution in [3.63, 3.8) is 0 Å². The lowest BCUT2D eigenvalue weighted by molar-refractivity contribution is -0.140. The number of amides is 1. The zero-order valence-corrected chi connectivity index (χ0v) is 9.18. The first-order valence-corrected chi connectivity index (χ1v) is 5.11. The van der Waals surface area contributed by atoms with Crippen molar-refractivity contribution in [2.45, 2.75) is 25.4 Å². The summed E-state index contributed by atoms with van der Waals surface area (Å²) in [4.78, 5) is 24.4. The van der Waals surface area contributed by atoms with Crippen molar-refractivity contribution < 1.29 is 14.7 Å². The summed E-state index contributed by atoms with van der Waals surface area (Å²) in [5.41, 5.74) is -0.522. The number of hydrogen-bond donors (Lipinski definition) is 1. The molecule has 0 saturated carbocycles.